The molecule has 0 saturated carbocycles. The zero-order chi connectivity index (χ0) is 19.6. The number of anilines is 5. The van der Waals surface area contributed by atoms with Gasteiger partial charge < -0.3 is 16.4 Å². The van der Waals surface area contributed by atoms with Gasteiger partial charge in [0.25, 0.3) is 0 Å². The van der Waals surface area contributed by atoms with Gasteiger partial charge in [0, 0.05) is 10.7 Å². The van der Waals surface area contributed by atoms with E-state index in [0.29, 0.717) is 21.4 Å². The summed E-state index contributed by atoms with van der Waals surface area (Å²) in [6.45, 7) is 0. The van der Waals surface area contributed by atoms with Crippen LogP contribution >= 0.6 is 23.2 Å². The summed E-state index contributed by atoms with van der Waals surface area (Å²) < 4.78 is 37.9. The van der Waals surface area contributed by atoms with Crippen LogP contribution < -0.4 is 16.4 Å². The van der Waals surface area contributed by atoms with Crippen LogP contribution in [0.5, 0.6) is 0 Å². The molecule has 1 aromatic heterocycles. The Hall–Kier alpha value is -2.71. The Kier molecular flexibility index (Phi) is 5.29. The Balaban J connectivity index is 1.84. The first-order chi connectivity index (χ1) is 12.7. The second kappa shape index (κ2) is 7.50. The highest BCUT2D eigenvalue weighted by Crippen LogP contribution is 2.33. The van der Waals surface area contributed by atoms with Gasteiger partial charge in [-0.05, 0) is 42.5 Å². The van der Waals surface area contributed by atoms with Crippen molar-refractivity contribution < 1.29 is 13.2 Å². The zero-order valence-corrected chi connectivity index (χ0v) is 15.0. The van der Waals surface area contributed by atoms with Crippen LogP contribution in [0.2, 0.25) is 10.0 Å². The lowest BCUT2D eigenvalue weighted by Crippen LogP contribution is -2.06. The standard InChI is InChI=1S/C17H12Cl2F3N5/c18-10-3-6-12(19)13(7-10)27-16-14(23)15(24-8-25-16)26-11-4-1-9(2-5-11)17(20,21)22/h1-8H,23H2,(H2,24,25,26,27). The van der Waals surface area contributed by atoms with Crippen LogP contribution in [0.3, 0.4) is 0 Å². The average molecular weight is 414 g/mol. The monoisotopic (exact) mass is 413 g/mol. The number of alkyl halides is 3. The Morgan fingerprint density at radius 2 is 1.52 bits per heavy atom. The fourth-order valence-electron chi connectivity index (χ4n) is 2.19. The molecule has 0 radical (unpaired) electrons. The summed E-state index contributed by atoms with van der Waals surface area (Å²) in [4.78, 5) is 8.07. The van der Waals surface area contributed by atoms with Gasteiger partial charge in [0.15, 0.2) is 11.6 Å². The molecule has 0 amide bonds. The van der Waals surface area contributed by atoms with Crippen molar-refractivity contribution in [2.75, 3.05) is 16.4 Å². The summed E-state index contributed by atoms with van der Waals surface area (Å²) in [7, 11) is 0. The summed E-state index contributed by atoms with van der Waals surface area (Å²) in [6, 6.07) is 9.35. The number of nitrogens with two attached hydrogens (primary N) is 1. The fraction of sp³-hybridized carbons (Fsp3) is 0.0588. The van der Waals surface area contributed by atoms with Crippen LogP contribution in [0.25, 0.3) is 0 Å². The van der Waals surface area contributed by atoms with Crippen molar-refractivity contribution in [3.63, 3.8) is 0 Å². The molecule has 0 aliphatic carbocycles. The highest BCUT2D eigenvalue weighted by atomic mass is 35.5. The summed E-state index contributed by atoms with van der Waals surface area (Å²) in [5.41, 5.74) is 6.36. The lowest BCUT2D eigenvalue weighted by Gasteiger charge is -2.14. The lowest BCUT2D eigenvalue weighted by atomic mass is 10.2. The molecule has 0 aliphatic heterocycles. The smallest absolute Gasteiger partial charge is 0.393 e. The molecule has 10 heteroatoms. The van der Waals surface area contributed by atoms with E-state index >= 15 is 0 Å². The van der Waals surface area contributed by atoms with E-state index in [4.69, 9.17) is 28.9 Å². The molecule has 3 aromatic rings. The number of nitrogen functional groups attached to an aromatic ring is 1. The average Bonchev–Trinajstić information content (AvgIpc) is 2.61. The molecule has 0 bridgehead atoms. The second-order valence-corrected chi connectivity index (χ2v) is 6.28. The second-order valence-electron chi connectivity index (χ2n) is 5.43. The molecule has 0 unspecified atom stereocenters. The van der Waals surface area contributed by atoms with Gasteiger partial charge in [-0.15, -0.1) is 0 Å². The van der Waals surface area contributed by atoms with Gasteiger partial charge in [0.1, 0.15) is 12.0 Å². The fourth-order valence-corrected chi connectivity index (χ4v) is 2.53. The molecule has 0 saturated heterocycles. The van der Waals surface area contributed by atoms with Gasteiger partial charge in [-0.3, -0.25) is 0 Å². The molecule has 2 aromatic carbocycles. The Morgan fingerprint density at radius 3 is 2.15 bits per heavy atom. The van der Waals surface area contributed by atoms with Crippen LogP contribution in [0.15, 0.2) is 48.8 Å². The summed E-state index contributed by atoms with van der Waals surface area (Å²) in [5.74, 6) is 0.494. The van der Waals surface area contributed by atoms with Crippen molar-refractivity contribution in [2.24, 2.45) is 0 Å². The first-order valence-electron chi connectivity index (χ1n) is 7.51. The molecule has 5 nitrogen and oxygen atoms in total. The van der Waals surface area contributed by atoms with Crippen LogP contribution in [-0.4, -0.2) is 9.97 Å². The Bertz CT molecular complexity index is 962. The predicted molar refractivity (Wildman–Crippen MR) is 101 cm³/mol. The minimum Gasteiger partial charge on any atom is -0.393 e. The van der Waals surface area contributed by atoms with E-state index in [1.807, 2.05) is 0 Å². The van der Waals surface area contributed by atoms with Crippen molar-refractivity contribution in [1.82, 2.24) is 9.97 Å². The number of aromatic nitrogens is 2. The van der Waals surface area contributed by atoms with Gasteiger partial charge in [-0.2, -0.15) is 13.2 Å². The van der Waals surface area contributed by atoms with Gasteiger partial charge in [0.2, 0.25) is 0 Å². The number of rotatable bonds is 4. The van der Waals surface area contributed by atoms with E-state index in [1.54, 1.807) is 18.2 Å². The molecule has 27 heavy (non-hydrogen) atoms. The van der Waals surface area contributed by atoms with Gasteiger partial charge in [-0.1, -0.05) is 23.2 Å². The van der Waals surface area contributed by atoms with Gasteiger partial charge >= 0.3 is 6.18 Å². The number of hydrogen-bond acceptors (Lipinski definition) is 5. The third-order valence-corrected chi connectivity index (χ3v) is 4.11. The largest absolute Gasteiger partial charge is 0.416 e. The minimum atomic E-state index is -4.40. The van der Waals surface area contributed by atoms with E-state index in [0.717, 1.165) is 12.1 Å². The molecule has 0 spiro atoms. The Morgan fingerprint density at radius 1 is 0.889 bits per heavy atom. The van der Waals surface area contributed by atoms with E-state index in [2.05, 4.69) is 20.6 Å². The van der Waals surface area contributed by atoms with E-state index in [1.165, 1.54) is 18.5 Å². The molecular formula is C17H12Cl2F3N5. The molecule has 0 fully saturated rings. The van der Waals surface area contributed by atoms with Crippen LogP contribution in [-0.2, 0) is 6.18 Å². The van der Waals surface area contributed by atoms with Crippen LogP contribution in [0.1, 0.15) is 5.56 Å². The molecule has 0 aliphatic rings. The van der Waals surface area contributed by atoms with Crippen molar-refractivity contribution >= 4 is 51.9 Å². The molecule has 140 valence electrons. The number of nitrogens with one attached hydrogen (secondary N) is 2. The molecule has 4 N–H and O–H groups in total. The maximum Gasteiger partial charge on any atom is 0.416 e. The molecule has 0 atom stereocenters. The number of benzene rings is 2. The first kappa shape index (κ1) is 19.1. The van der Waals surface area contributed by atoms with Crippen LogP contribution in [0, 0.1) is 0 Å². The van der Waals surface area contributed by atoms with E-state index in [-0.39, 0.29) is 17.3 Å². The summed E-state index contributed by atoms with van der Waals surface area (Å²) in [6.07, 6.45) is -3.15. The summed E-state index contributed by atoms with van der Waals surface area (Å²) >= 11 is 12.1. The number of hydrogen-bond donors (Lipinski definition) is 3. The zero-order valence-electron chi connectivity index (χ0n) is 13.5. The SMILES string of the molecule is Nc1c(Nc2ccc(C(F)(F)F)cc2)ncnc1Nc1cc(Cl)ccc1Cl. The van der Waals surface area contributed by atoms with E-state index < -0.39 is 11.7 Å². The third kappa shape index (κ3) is 4.53. The molecular weight excluding hydrogens is 402 g/mol. The highest BCUT2D eigenvalue weighted by Gasteiger charge is 2.29. The summed E-state index contributed by atoms with van der Waals surface area (Å²) in [5, 5.41) is 6.70. The molecule has 3 rings (SSSR count). The highest BCUT2D eigenvalue weighted by molar-refractivity contribution is 6.35. The van der Waals surface area contributed by atoms with Crippen molar-refractivity contribution in [3.05, 3.63) is 64.4 Å². The lowest BCUT2D eigenvalue weighted by molar-refractivity contribution is -0.137. The molecule has 1 heterocycles. The maximum atomic E-state index is 12.6. The minimum absolute atomic E-state index is 0.161. The van der Waals surface area contributed by atoms with Crippen LogP contribution in [0.4, 0.5) is 41.9 Å². The van der Waals surface area contributed by atoms with Crippen molar-refractivity contribution in [3.8, 4) is 0 Å². The number of halogens is 5. The predicted octanol–water partition coefficient (Wildman–Crippen LogP) is 5.87. The Labute approximate surface area is 162 Å². The van der Waals surface area contributed by atoms with Gasteiger partial charge in [-0.25, -0.2) is 9.97 Å². The van der Waals surface area contributed by atoms with Crippen molar-refractivity contribution in [2.45, 2.75) is 6.18 Å². The number of nitrogens with zero attached hydrogens (tertiary/aromatic N) is 2. The first-order valence-corrected chi connectivity index (χ1v) is 8.26. The normalized spacial score (nSPS) is 11.3. The van der Waals surface area contributed by atoms with Crippen molar-refractivity contribution in [1.29, 1.82) is 0 Å². The maximum absolute atomic E-state index is 12.6. The topological polar surface area (TPSA) is 75.9 Å². The van der Waals surface area contributed by atoms with E-state index in [9.17, 15) is 13.2 Å². The quantitative estimate of drug-likeness (QED) is 0.498. The third-order valence-electron chi connectivity index (χ3n) is 3.54. The van der Waals surface area contributed by atoms with Gasteiger partial charge in [0.05, 0.1) is 16.3 Å².